The molecule has 1 aromatic carbocycles. The van der Waals surface area contributed by atoms with Crippen molar-refractivity contribution in [2.45, 2.75) is 63.8 Å². The first-order valence-electron chi connectivity index (χ1n) is 8.14. The molecule has 2 saturated carbocycles. The SMILES string of the molecule is c1ccc(CCCC2(CNC3CC3)CCCC2)cc1. The van der Waals surface area contributed by atoms with Crippen LogP contribution in [0.25, 0.3) is 0 Å². The molecule has 0 atom stereocenters. The molecule has 1 nitrogen and oxygen atoms in total. The van der Waals surface area contributed by atoms with E-state index in [1.807, 2.05) is 0 Å². The molecule has 2 aliphatic rings. The van der Waals surface area contributed by atoms with Gasteiger partial charge < -0.3 is 5.32 Å². The summed E-state index contributed by atoms with van der Waals surface area (Å²) < 4.78 is 0. The molecule has 0 heterocycles. The summed E-state index contributed by atoms with van der Waals surface area (Å²) in [5.41, 5.74) is 2.14. The average molecular weight is 257 g/mol. The van der Waals surface area contributed by atoms with Gasteiger partial charge in [-0.2, -0.15) is 0 Å². The largest absolute Gasteiger partial charge is 0.313 e. The Hall–Kier alpha value is -0.820. The lowest BCUT2D eigenvalue weighted by atomic mass is 9.80. The maximum Gasteiger partial charge on any atom is 0.00684 e. The number of hydrogen-bond acceptors (Lipinski definition) is 1. The Morgan fingerprint density at radius 1 is 1.05 bits per heavy atom. The van der Waals surface area contributed by atoms with Gasteiger partial charge in [0.05, 0.1) is 0 Å². The molecule has 1 N–H and O–H groups in total. The van der Waals surface area contributed by atoms with Crippen LogP contribution in [0.1, 0.15) is 56.9 Å². The lowest BCUT2D eigenvalue weighted by Crippen LogP contribution is -2.33. The minimum Gasteiger partial charge on any atom is -0.313 e. The fraction of sp³-hybridized carbons (Fsp3) is 0.667. The van der Waals surface area contributed by atoms with Gasteiger partial charge in [-0.05, 0) is 55.9 Å². The van der Waals surface area contributed by atoms with Crippen molar-refractivity contribution in [1.29, 1.82) is 0 Å². The molecule has 3 rings (SSSR count). The van der Waals surface area contributed by atoms with E-state index in [9.17, 15) is 0 Å². The highest BCUT2D eigenvalue weighted by Gasteiger charge is 2.34. The lowest BCUT2D eigenvalue weighted by molar-refractivity contribution is 0.250. The van der Waals surface area contributed by atoms with E-state index < -0.39 is 0 Å². The van der Waals surface area contributed by atoms with Gasteiger partial charge in [0.15, 0.2) is 0 Å². The van der Waals surface area contributed by atoms with E-state index in [0.717, 1.165) is 6.04 Å². The van der Waals surface area contributed by atoms with Crippen LogP contribution in [0.2, 0.25) is 0 Å². The van der Waals surface area contributed by atoms with Gasteiger partial charge in [0, 0.05) is 12.6 Å². The van der Waals surface area contributed by atoms with Gasteiger partial charge in [-0.25, -0.2) is 0 Å². The molecule has 104 valence electrons. The first-order chi connectivity index (χ1) is 9.36. The van der Waals surface area contributed by atoms with Crippen molar-refractivity contribution in [3.05, 3.63) is 35.9 Å². The van der Waals surface area contributed by atoms with Crippen LogP contribution in [-0.4, -0.2) is 12.6 Å². The smallest absolute Gasteiger partial charge is 0.00684 e. The van der Waals surface area contributed by atoms with Crippen LogP contribution in [0.5, 0.6) is 0 Å². The van der Waals surface area contributed by atoms with Crippen molar-refractivity contribution in [2.75, 3.05) is 6.54 Å². The van der Waals surface area contributed by atoms with Crippen LogP contribution in [-0.2, 0) is 6.42 Å². The number of benzene rings is 1. The first kappa shape index (κ1) is 13.2. The third kappa shape index (κ3) is 3.82. The first-order valence-corrected chi connectivity index (χ1v) is 8.14. The van der Waals surface area contributed by atoms with E-state index in [2.05, 4.69) is 35.6 Å². The average Bonchev–Trinajstić information content (AvgIpc) is 3.17. The van der Waals surface area contributed by atoms with Crippen molar-refractivity contribution in [2.24, 2.45) is 5.41 Å². The molecule has 1 heteroatoms. The quantitative estimate of drug-likeness (QED) is 0.767. The third-order valence-electron chi connectivity index (χ3n) is 5.02. The predicted molar refractivity (Wildman–Crippen MR) is 81.3 cm³/mol. The number of rotatable bonds is 7. The molecule has 0 aliphatic heterocycles. The summed E-state index contributed by atoms with van der Waals surface area (Å²) in [4.78, 5) is 0. The summed E-state index contributed by atoms with van der Waals surface area (Å²) in [7, 11) is 0. The summed E-state index contributed by atoms with van der Waals surface area (Å²) in [6, 6.07) is 11.8. The van der Waals surface area contributed by atoms with Crippen LogP contribution in [0, 0.1) is 5.41 Å². The molecule has 0 radical (unpaired) electrons. The van der Waals surface area contributed by atoms with Crippen LogP contribution in [0.4, 0.5) is 0 Å². The van der Waals surface area contributed by atoms with Crippen molar-refractivity contribution < 1.29 is 0 Å². The van der Waals surface area contributed by atoms with Gasteiger partial charge in [-0.3, -0.25) is 0 Å². The number of aryl methyl sites for hydroxylation is 1. The highest BCUT2D eigenvalue weighted by atomic mass is 15.0. The van der Waals surface area contributed by atoms with Crippen LogP contribution in [0.3, 0.4) is 0 Å². The molecular formula is C18H27N. The minimum atomic E-state index is 0.636. The molecule has 0 amide bonds. The molecular weight excluding hydrogens is 230 g/mol. The Labute approximate surface area is 117 Å². The second kappa shape index (κ2) is 6.09. The zero-order valence-electron chi connectivity index (χ0n) is 12.0. The van der Waals surface area contributed by atoms with Crippen LogP contribution < -0.4 is 5.32 Å². The molecule has 0 unspecified atom stereocenters. The van der Waals surface area contributed by atoms with Crippen molar-refractivity contribution in [1.82, 2.24) is 5.32 Å². The maximum absolute atomic E-state index is 3.79. The van der Waals surface area contributed by atoms with Gasteiger partial charge >= 0.3 is 0 Å². The standard InChI is InChI=1S/C18H27N/c1-2-7-16(8-3-1)9-6-14-18(12-4-5-13-18)15-19-17-10-11-17/h1-3,7-8,17,19H,4-6,9-15H2. The molecule has 0 spiro atoms. The predicted octanol–water partition coefficient (Wildman–Crippen LogP) is 4.32. The molecule has 2 aliphatic carbocycles. The van der Waals surface area contributed by atoms with Crippen LogP contribution in [0.15, 0.2) is 30.3 Å². The Morgan fingerprint density at radius 3 is 2.47 bits per heavy atom. The summed E-state index contributed by atoms with van der Waals surface area (Å²) in [5, 5.41) is 3.79. The van der Waals surface area contributed by atoms with E-state index in [4.69, 9.17) is 0 Å². The summed E-state index contributed by atoms with van der Waals surface area (Å²) in [5.74, 6) is 0. The van der Waals surface area contributed by atoms with E-state index in [1.165, 1.54) is 69.9 Å². The van der Waals surface area contributed by atoms with Gasteiger partial charge in [0.1, 0.15) is 0 Å². The number of hydrogen-bond donors (Lipinski definition) is 1. The van der Waals surface area contributed by atoms with Gasteiger partial charge in [0.25, 0.3) is 0 Å². The lowest BCUT2D eigenvalue weighted by Gasteiger charge is -2.29. The monoisotopic (exact) mass is 257 g/mol. The topological polar surface area (TPSA) is 12.0 Å². The molecule has 1 aromatic rings. The molecule has 0 aromatic heterocycles. The molecule has 0 saturated heterocycles. The molecule has 0 bridgehead atoms. The molecule has 19 heavy (non-hydrogen) atoms. The maximum atomic E-state index is 3.79. The Balaban J connectivity index is 1.47. The second-order valence-corrected chi connectivity index (χ2v) is 6.70. The second-order valence-electron chi connectivity index (χ2n) is 6.70. The summed E-state index contributed by atoms with van der Waals surface area (Å²) >= 11 is 0. The fourth-order valence-corrected chi connectivity index (χ4v) is 3.60. The van der Waals surface area contributed by atoms with E-state index in [-0.39, 0.29) is 0 Å². The van der Waals surface area contributed by atoms with Crippen molar-refractivity contribution in [3.8, 4) is 0 Å². The Kier molecular flexibility index (Phi) is 4.22. The van der Waals surface area contributed by atoms with Gasteiger partial charge in [-0.15, -0.1) is 0 Å². The van der Waals surface area contributed by atoms with E-state index in [1.54, 1.807) is 0 Å². The normalized spacial score (nSPS) is 21.7. The van der Waals surface area contributed by atoms with Gasteiger partial charge in [-0.1, -0.05) is 43.2 Å². The summed E-state index contributed by atoms with van der Waals surface area (Å²) in [6.45, 7) is 1.28. The highest BCUT2D eigenvalue weighted by molar-refractivity contribution is 5.14. The third-order valence-corrected chi connectivity index (χ3v) is 5.02. The number of nitrogens with one attached hydrogen (secondary N) is 1. The molecule has 2 fully saturated rings. The zero-order chi connectivity index (χ0) is 13.0. The minimum absolute atomic E-state index is 0.636. The van der Waals surface area contributed by atoms with E-state index >= 15 is 0 Å². The highest BCUT2D eigenvalue weighted by Crippen LogP contribution is 2.42. The fourth-order valence-electron chi connectivity index (χ4n) is 3.60. The Bertz CT molecular complexity index is 374. The van der Waals surface area contributed by atoms with Crippen LogP contribution >= 0.6 is 0 Å². The van der Waals surface area contributed by atoms with Crippen molar-refractivity contribution >= 4 is 0 Å². The van der Waals surface area contributed by atoms with Gasteiger partial charge in [0.2, 0.25) is 0 Å². The van der Waals surface area contributed by atoms with Crippen molar-refractivity contribution in [3.63, 3.8) is 0 Å². The zero-order valence-corrected chi connectivity index (χ0v) is 12.0. The Morgan fingerprint density at radius 2 is 1.79 bits per heavy atom. The summed E-state index contributed by atoms with van der Waals surface area (Å²) in [6.07, 6.45) is 12.7. The van der Waals surface area contributed by atoms with E-state index in [0.29, 0.717) is 5.41 Å².